The minimum atomic E-state index is -4.38. The normalized spacial score (nSPS) is 11.5. The molecule has 3 aromatic rings. The summed E-state index contributed by atoms with van der Waals surface area (Å²) in [6.07, 6.45) is -4.38. The van der Waals surface area contributed by atoms with Crippen molar-refractivity contribution in [3.63, 3.8) is 0 Å². The van der Waals surface area contributed by atoms with Crippen LogP contribution < -0.4 is 9.47 Å². The molecule has 0 N–H and O–H groups in total. The summed E-state index contributed by atoms with van der Waals surface area (Å²) in [5.74, 6) is 1.12. The van der Waals surface area contributed by atoms with Crippen molar-refractivity contribution in [3.05, 3.63) is 53.5 Å². The zero-order valence-corrected chi connectivity index (χ0v) is 13.1. The van der Waals surface area contributed by atoms with E-state index in [0.29, 0.717) is 17.2 Å². The standard InChI is InChI=1S/C16H12F3NO3S/c17-16(18,19)10-22-13-4-1-3-12(8-13)21-9-11-7-14(23-20-11)15-5-2-6-24-15/h1-8H,9-10H2. The molecule has 3 rings (SSSR count). The number of aromatic nitrogens is 1. The summed E-state index contributed by atoms with van der Waals surface area (Å²) in [6.45, 7) is -1.21. The molecule has 0 saturated carbocycles. The zero-order chi connectivity index (χ0) is 17.0. The maximum absolute atomic E-state index is 12.2. The molecule has 8 heteroatoms. The predicted octanol–water partition coefficient (Wildman–Crippen LogP) is 4.92. The number of ether oxygens (including phenoxy) is 2. The van der Waals surface area contributed by atoms with Crippen LogP contribution in [-0.2, 0) is 6.61 Å². The van der Waals surface area contributed by atoms with Gasteiger partial charge in [-0.15, -0.1) is 11.3 Å². The van der Waals surface area contributed by atoms with Crippen molar-refractivity contribution in [1.82, 2.24) is 5.16 Å². The van der Waals surface area contributed by atoms with Crippen molar-refractivity contribution >= 4 is 11.3 Å². The Bertz CT molecular complexity index is 784. The van der Waals surface area contributed by atoms with Gasteiger partial charge in [0.15, 0.2) is 12.4 Å². The number of thiophene rings is 1. The van der Waals surface area contributed by atoms with Crippen LogP contribution in [0.3, 0.4) is 0 Å². The lowest BCUT2D eigenvalue weighted by Gasteiger charge is -2.10. The molecule has 0 atom stereocenters. The van der Waals surface area contributed by atoms with Crippen molar-refractivity contribution in [2.45, 2.75) is 12.8 Å². The molecule has 1 aromatic carbocycles. The summed E-state index contributed by atoms with van der Waals surface area (Å²) in [4.78, 5) is 0.955. The van der Waals surface area contributed by atoms with Crippen LogP contribution in [0.5, 0.6) is 11.5 Å². The topological polar surface area (TPSA) is 44.5 Å². The molecule has 0 aliphatic carbocycles. The van der Waals surface area contributed by atoms with Crippen molar-refractivity contribution in [3.8, 4) is 22.1 Å². The van der Waals surface area contributed by atoms with Gasteiger partial charge < -0.3 is 14.0 Å². The van der Waals surface area contributed by atoms with Gasteiger partial charge in [0, 0.05) is 12.1 Å². The molecule has 0 aliphatic rings. The third-order valence-electron chi connectivity index (χ3n) is 2.92. The molecule has 0 amide bonds. The van der Waals surface area contributed by atoms with Crippen LogP contribution in [0.25, 0.3) is 10.6 Å². The molecule has 4 nitrogen and oxygen atoms in total. The SMILES string of the molecule is FC(F)(F)COc1cccc(OCc2cc(-c3cccs3)on2)c1. The molecule has 0 fully saturated rings. The summed E-state index contributed by atoms with van der Waals surface area (Å²) >= 11 is 1.53. The van der Waals surface area contributed by atoms with Crippen molar-refractivity contribution in [1.29, 1.82) is 0 Å². The van der Waals surface area contributed by atoms with Gasteiger partial charge >= 0.3 is 6.18 Å². The molecule has 0 radical (unpaired) electrons. The summed E-state index contributed by atoms with van der Waals surface area (Å²) in [7, 11) is 0. The van der Waals surface area contributed by atoms with Gasteiger partial charge in [0.05, 0.1) is 4.88 Å². The second kappa shape index (κ2) is 6.96. The number of nitrogens with zero attached hydrogens (tertiary/aromatic N) is 1. The molecular formula is C16H12F3NO3S. The highest BCUT2D eigenvalue weighted by atomic mass is 32.1. The van der Waals surface area contributed by atoms with Crippen molar-refractivity contribution in [2.24, 2.45) is 0 Å². The second-order valence-corrected chi connectivity index (χ2v) is 5.77. The Labute approximate surface area is 139 Å². The van der Waals surface area contributed by atoms with Crippen LogP contribution in [-0.4, -0.2) is 17.9 Å². The first-order valence-electron chi connectivity index (χ1n) is 6.91. The Morgan fingerprint density at radius 1 is 1.04 bits per heavy atom. The lowest BCUT2D eigenvalue weighted by molar-refractivity contribution is -0.153. The van der Waals surface area contributed by atoms with Gasteiger partial charge in [-0.25, -0.2) is 0 Å². The van der Waals surface area contributed by atoms with E-state index in [1.54, 1.807) is 18.2 Å². The summed E-state index contributed by atoms with van der Waals surface area (Å²) < 4.78 is 51.9. The molecule has 2 aromatic heterocycles. The zero-order valence-electron chi connectivity index (χ0n) is 12.2. The maximum atomic E-state index is 12.2. The quantitative estimate of drug-likeness (QED) is 0.629. The first-order chi connectivity index (χ1) is 11.5. The largest absolute Gasteiger partial charge is 0.487 e. The minimum absolute atomic E-state index is 0.0873. The third kappa shape index (κ3) is 4.51. The molecule has 0 aliphatic heterocycles. The first-order valence-corrected chi connectivity index (χ1v) is 7.79. The fraction of sp³-hybridized carbons (Fsp3) is 0.188. The van der Waals surface area contributed by atoms with Crippen molar-refractivity contribution in [2.75, 3.05) is 6.61 Å². The van der Waals surface area contributed by atoms with Gasteiger partial charge in [0.25, 0.3) is 0 Å². The number of alkyl halides is 3. The van der Waals surface area contributed by atoms with Gasteiger partial charge in [0.2, 0.25) is 0 Å². The fourth-order valence-electron chi connectivity index (χ4n) is 1.89. The van der Waals surface area contributed by atoms with E-state index in [2.05, 4.69) is 9.89 Å². The Kier molecular flexibility index (Phi) is 4.75. The molecule has 2 heterocycles. The van der Waals surface area contributed by atoms with Gasteiger partial charge in [-0.1, -0.05) is 17.3 Å². The van der Waals surface area contributed by atoms with Crippen LogP contribution in [0.2, 0.25) is 0 Å². The van der Waals surface area contributed by atoms with Crippen LogP contribution in [0, 0.1) is 0 Å². The van der Waals surface area contributed by atoms with E-state index in [4.69, 9.17) is 9.26 Å². The second-order valence-electron chi connectivity index (χ2n) is 4.83. The first kappa shape index (κ1) is 16.4. The Hall–Kier alpha value is -2.48. The Morgan fingerprint density at radius 3 is 2.54 bits per heavy atom. The van der Waals surface area contributed by atoms with Crippen LogP contribution in [0.1, 0.15) is 5.69 Å². The van der Waals surface area contributed by atoms with E-state index < -0.39 is 12.8 Å². The number of hydrogen-bond acceptors (Lipinski definition) is 5. The van der Waals surface area contributed by atoms with Gasteiger partial charge in [0.1, 0.15) is 23.8 Å². The average molecular weight is 355 g/mol. The Morgan fingerprint density at radius 2 is 1.83 bits per heavy atom. The highest BCUT2D eigenvalue weighted by molar-refractivity contribution is 7.13. The minimum Gasteiger partial charge on any atom is -0.487 e. The van der Waals surface area contributed by atoms with E-state index in [1.807, 2.05) is 17.5 Å². The molecule has 0 unspecified atom stereocenters. The van der Waals surface area contributed by atoms with E-state index >= 15 is 0 Å². The highest BCUT2D eigenvalue weighted by Gasteiger charge is 2.28. The molecular weight excluding hydrogens is 343 g/mol. The number of benzene rings is 1. The fourth-order valence-corrected chi connectivity index (χ4v) is 2.56. The summed E-state index contributed by atoms with van der Waals surface area (Å²) in [6, 6.07) is 11.6. The van der Waals surface area contributed by atoms with E-state index in [-0.39, 0.29) is 12.4 Å². The molecule has 0 saturated heterocycles. The van der Waals surface area contributed by atoms with Gasteiger partial charge in [-0.3, -0.25) is 0 Å². The van der Waals surface area contributed by atoms with Crippen LogP contribution >= 0.6 is 11.3 Å². The monoisotopic (exact) mass is 355 g/mol. The van der Waals surface area contributed by atoms with Crippen LogP contribution in [0.15, 0.2) is 52.4 Å². The number of hydrogen-bond donors (Lipinski definition) is 0. The third-order valence-corrected chi connectivity index (χ3v) is 3.80. The van der Waals surface area contributed by atoms with E-state index in [1.165, 1.54) is 23.5 Å². The Balaban J connectivity index is 1.59. The maximum Gasteiger partial charge on any atom is 0.422 e. The molecule has 126 valence electrons. The smallest absolute Gasteiger partial charge is 0.422 e. The average Bonchev–Trinajstić information content (AvgIpc) is 3.22. The highest BCUT2D eigenvalue weighted by Crippen LogP contribution is 2.26. The lowest BCUT2D eigenvalue weighted by atomic mass is 10.3. The molecule has 0 spiro atoms. The number of rotatable bonds is 6. The van der Waals surface area contributed by atoms with Gasteiger partial charge in [-0.05, 0) is 23.6 Å². The summed E-state index contributed by atoms with van der Waals surface area (Å²) in [5, 5.41) is 5.84. The van der Waals surface area contributed by atoms with Crippen molar-refractivity contribution < 1.29 is 27.2 Å². The molecule has 0 bridgehead atoms. The lowest BCUT2D eigenvalue weighted by Crippen LogP contribution is -2.19. The van der Waals surface area contributed by atoms with Crippen LogP contribution in [0.4, 0.5) is 13.2 Å². The predicted molar refractivity (Wildman–Crippen MR) is 82.1 cm³/mol. The summed E-state index contributed by atoms with van der Waals surface area (Å²) in [5.41, 5.74) is 0.583. The van der Waals surface area contributed by atoms with Gasteiger partial charge in [-0.2, -0.15) is 13.2 Å². The van der Waals surface area contributed by atoms with E-state index in [0.717, 1.165) is 4.88 Å². The molecule has 24 heavy (non-hydrogen) atoms. The van der Waals surface area contributed by atoms with E-state index in [9.17, 15) is 13.2 Å². The number of halogens is 3.